The number of hydrogen-bond acceptors (Lipinski definition) is 3. The van der Waals surface area contributed by atoms with Gasteiger partial charge >= 0.3 is 0 Å². The van der Waals surface area contributed by atoms with Crippen molar-refractivity contribution in [3.8, 4) is 11.4 Å². The number of hydrogen-bond donors (Lipinski definition) is 0. The lowest BCUT2D eigenvalue weighted by Crippen LogP contribution is -1.89. The second kappa shape index (κ2) is 3.68. The van der Waals surface area contributed by atoms with Crippen molar-refractivity contribution in [1.82, 2.24) is 19.4 Å². The summed E-state index contributed by atoms with van der Waals surface area (Å²) in [5.41, 5.74) is 1.83. The van der Waals surface area contributed by atoms with Crippen LogP contribution in [0.2, 0.25) is 0 Å². The lowest BCUT2D eigenvalue weighted by Gasteiger charge is -1.98. The third-order valence-corrected chi connectivity index (χ3v) is 2.83. The molecule has 0 N–H and O–H groups in total. The molecule has 0 bridgehead atoms. The number of aromatic nitrogens is 4. The van der Waals surface area contributed by atoms with Gasteiger partial charge in [0.25, 0.3) is 0 Å². The van der Waals surface area contributed by atoms with E-state index in [0.29, 0.717) is 0 Å². The molecule has 3 rings (SSSR count). The average Bonchev–Trinajstić information content (AvgIpc) is 2.69. The van der Waals surface area contributed by atoms with Crippen molar-refractivity contribution < 1.29 is 0 Å². The first-order chi connectivity index (χ1) is 7.86. The fourth-order valence-corrected chi connectivity index (χ4v) is 2.06. The van der Waals surface area contributed by atoms with Crippen molar-refractivity contribution >= 4 is 21.6 Å². The highest BCUT2D eigenvalue weighted by atomic mass is 79.9. The number of fused-ring (bicyclic) bond motifs is 1. The number of pyridine rings is 1. The van der Waals surface area contributed by atoms with Crippen molar-refractivity contribution in [1.29, 1.82) is 0 Å². The third kappa shape index (κ3) is 1.40. The first-order valence-electron chi connectivity index (χ1n) is 4.75. The zero-order valence-corrected chi connectivity index (χ0v) is 9.79. The highest BCUT2D eigenvalue weighted by Crippen LogP contribution is 2.23. The van der Waals surface area contributed by atoms with Gasteiger partial charge in [0.05, 0.1) is 0 Å². The predicted octanol–water partition coefficient (Wildman–Crippen LogP) is 2.55. The largest absolute Gasteiger partial charge is 0.283 e. The Kier molecular flexibility index (Phi) is 2.18. The molecule has 0 unspecified atom stereocenters. The van der Waals surface area contributed by atoms with Crippen molar-refractivity contribution in [2.24, 2.45) is 0 Å². The quantitative estimate of drug-likeness (QED) is 0.685. The van der Waals surface area contributed by atoms with Gasteiger partial charge < -0.3 is 0 Å². The molecule has 0 atom stereocenters. The monoisotopic (exact) mass is 274 g/mol. The molecule has 0 aliphatic rings. The Morgan fingerprint density at radius 3 is 2.75 bits per heavy atom. The summed E-state index contributed by atoms with van der Waals surface area (Å²) >= 11 is 3.40. The van der Waals surface area contributed by atoms with Gasteiger partial charge in [0.1, 0.15) is 5.82 Å². The topological polar surface area (TPSA) is 43.1 Å². The van der Waals surface area contributed by atoms with Crippen molar-refractivity contribution in [3.63, 3.8) is 0 Å². The average molecular weight is 275 g/mol. The summed E-state index contributed by atoms with van der Waals surface area (Å²) in [5.74, 6) is 0.859. The molecule has 0 aromatic carbocycles. The SMILES string of the molecule is Brc1nc(-c2ccncc2)n2cccnc12. The molecule has 16 heavy (non-hydrogen) atoms. The van der Waals surface area contributed by atoms with Crippen molar-refractivity contribution in [2.45, 2.75) is 0 Å². The molecule has 0 saturated carbocycles. The van der Waals surface area contributed by atoms with Crippen LogP contribution in [0.25, 0.3) is 17.0 Å². The minimum absolute atomic E-state index is 0.750. The molecule has 0 saturated heterocycles. The van der Waals surface area contributed by atoms with Gasteiger partial charge in [-0.1, -0.05) is 0 Å². The van der Waals surface area contributed by atoms with E-state index in [1.165, 1.54) is 0 Å². The summed E-state index contributed by atoms with van der Waals surface area (Å²) in [7, 11) is 0. The molecule has 3 heterocycles. The zero-order chi connectivity index (χ0) is 11.0. The Morgan fingerprint density at radius 2 is 1.94 bits per heavy atom. The van der Waals surface area contributed by atoms with E-state index in [4.69, 9.17) is 0 Å². The fourth-order valence-electron chi connectivity index (χ4n) is 1.60. The van der Waals surface area contributed by atoms with Crippen LogP contribution in [0, 0.1) is 0 Å². The normalized spacial score (nSPS) is 10.8. The van der Waals surface area contributed by atoms with E-state index >= 15 is 0 Å². The van der Waals surface area contributed by atoms with Crippen LogP contribution in [-0.4, -0.2) is 19.4 Å². The van der Waals surface area contributed by atoms with Crippen LogP contribution in [0.5, 0.6) is 0 Å². The van der Waals surface area contributed by atoms with Gasteiger partial charge in [0.2, 0.25) is 0 Å². The maximum atomic E-state index is 4.45. The van der Waals surface area contributed by atoms with Gasteiger partial charge in [-0.15, -0.1) is 0 Å². The van der Waals surface area contributed by atoms with E-state index in [1.54, 1.807) is 18.6 Å². The molecule has 0 aliphatic carbocycles. The van der Waals surface area contributed by atoms with Gasteiger partial charge in [-0.25, -0.2) is 9.97 Å². The molecule has 4 nitrogen and oxygen atoms in total. The van der Waals surface area contributed by atoms with Crippen LogP contribution in [0.4, 0.5) is 0 Å². The van der Waals surface area contributed by atoms with Gasteiger partial charge in [-0.2, -0.15) is 0 Å². The zero-order valence-electron chi connectivity index (χ0n) is 8.21. The van der Waals surface area contributed by atoms with Gasteiger partial charge in [0.15, 0.2) is 10.3 Å². The van der Waals surface area contributed by atoms with E-state index in [1.807, 2.05) is 28.8 Å². The summed E-state index contributed by atoms with van der Waals surface area (Å²) in [6.45, 7) is 0. The molecular weight excluding hydrogens is 268 g/mol. The molecule has 78 valence electrons. The molecule has 0 aliphatic heterocycles. The lowest BCUT2D eigenvalue weighted by molar-refractivity contribution is 1.12. The van der Waals surface area contributed by atoms with Crippen LogP contribution in [0.1, 0.15) is 0 Å². The number of nitrogens with zero attached hydrogens (tertiary/aromatic N) is 4. The number of halogens is 1. The Morgan fingerprint density at radius 1 is 1.12 bits per heavy atom. The lowest BCUT2D eigenvalue weighted by atomic mass is 10.2. The fraction of sp³-hybridized carbons (Fsp3) is 0. The van der Waals surface area contributed by atoms with Gasteiger partial charge in [-0.3, -0.25) is 9.38 Å². The Hall–Kier alpha value is -1.75. The molecule has 0 radical (unpaired) electrons. The van der Waals surface area contributed by atoms with Crippen LogP contribution < -0.4 is 0 Å². The minimum Gasteiger partial charge on any atom is -0.283 e. The Balaban J connectivity index is 2.33. The van der Waals surface area contributed by atoms with E-state index in [0.717, 1.165) is 21.6 Å². The molecule has 3 aromatic heterocycles. The Labute approximate surface area is 100 Å². The standard InChI is InChI=1S/C11H7BrN4/c12-9-11-14-4-1-7-16(11)10(15-9)8-2-5-13-6-3-8/h1-7H. The predicted molar refractivity (Wildman–Crippen MR) is 63.9 cm³/mol. The van der Waals surface area contributed by atoms with E-state index in [-0.39, 0.29) is 0 Å². The molecular formula is C11H7BrN4. The summed E-state index contributed by atoms with van der Waals surface area (Å²) < 4.78 is 2.69. The molecule has 3 aromatic rings. The summed E-state index contributed by atoms with van der Waals surface area (Å²) in [4.78, 5) is 12.7. The number of rotatable bonds is 1. The maximum Gasteiger partial charge on any atom is 0.171 e. The summed E-state index contributed by atoms with van der Waals surface area (Å²) in [5, 5.41) is 0. The smallest absolute Gasteiger partial charge is 0.171 e. The van der Waals surface area contributed by atoms with Crippen molar-refractivity contribution in [2.75, 3.05) is 0 Å². The molecule has 0 fully saturated rings. The first kappa shape index (κ1) is 9.47. The van der Waals surface area contributed by atoms with Crippen LogP contribution in [-0.2, 0) is 0 Å². The summed E-state index contributed by atoms with van der Waals surface area (Å²) in [6.07, 6.45) is 7.19. The minimum atomic E-state index is 0.750. The highest BCUT2D eigenvalue weighted by Gasteiger charge is 2.10. The van der Waals surface area contributed by atoms with Crippen LogP contribution >= 0.6 is 15.9 Å². The van der Waals surface area contributed by atoms with E-state index < -0.39 is 0 Å². The number of imidazole rings is 1. The van der Waals surface area contributed by atoms with E-state index in [2.05, 4.69) is 30.9 Å². The van der Waals surface area contributed by atoms with E-state index in [9.17, 15) is 0 Å². The second-order valence-corrected chi connectivity index (χ2v) is 4.03. The second-order valence-electron chi connectivity index (χ2n) is 3.28. The first-order valence-corrected chi connectivity index (χ1v) is 5.54. The highest BCUT2D eigenvalue weighted by molar-refractivity contribution is 9.10. The van der Waals surface area contributed by atoms with Crippen LogP contribution in [0.3, 0.4) is 0 Å². The van der Waals surface area contributed by atoms with Crippen molar-refractivity contribution in [3.05, 3.63) is 47.6 Å². The molecule has 0 spiro atoms. The Bertz CT molecular complexity index is 633. The third-order valence-electron chi connectivity index (χ3n) is 2.30. The van der Waals surface area contributed by atoms with Gasteiger partial charge in [-0.05, 0) is 34.1 Å². The molecule has 5 heteroatoms. The summed E-state index contributed by atoms with van der Waals surface area (Å²) in [6, 6.07) is 5.73. The maximum absolute atomic E-state index is 4.45. The van der Waals surface area contributed by atoms with Crippen LogP contribution in [0.15, 0.2) is 47.6 Å². The van der Waals surface area contributed by atoms with Gasteiger partial charge in [0, 0.05) is 30.4 Å². The molecule has 0 amide bonds.